The van der Waals surface area contributed by atoms with Crippen molar-refractivity contribution < 1.29 is 9.53 Å². The van der Waals surface area contributed by atoms with Crippen LogP contribution in [-0.4, -0.2) is 34.8 Å². The minimum atomic E-state index is -0.289. The van der Waals surface area contributed by atoms with Crippen LogP contribution >= 0.6 is 0 Å². The number of amides is 1. The first-order valence-electron chi connectivity index (χ1n) is 8.32. The molecule has 0 radical (unpaired) electrons. The van der Waals surface area contributed by atoms with Crippen molar-refractivity contribution in [3.05, 3.63) is 18.1 Å². The smallest absolute Gasteiger partial charge is 0.416 e. The number of anilines is 1. The van der Waals surface area contributed by atoms with Gasteiger partial charge in [0.2, 0.25) is 0 Å². The third-order valence-electron chi connectivity index (χ3n) is 5.09. The number of ether oxygens (including phenoxy) is 1. The minimum Gasteiger partial charge on any atom is -0.441 e. The molecule has 1 atom stereocenters. The lowest BCUT2D eigenvalue weighted by Crippen LogP contribution is -2.36. The Hall–Kier alpha value is -1.69. The third kappa shape index (κ3) is 2.45. The van der Waals surface area contributed by atoms with Gasteiger partial charge < -0.3 is 10.1 Å². The van der Waals surface area contributed by atoms with Gasteiger partial charge in [-0.15, -0.1) is 0 Å². The largest absolute Gasteiger partial charge is 0.441 e. The molecule has 6 nitrogen and oxygen atoms in total. The highest BCUT2D eigenvalue weighted by Gasteiger charge is 2.46. The first-order valence-corrected chi connectivity index (χ1v) is 8.32. The molecule has 0 aromatic carbocycles. The molecule has 1 spiro atoms. The number of carbonyl (C=O) groups is 1. The molecule has 1 N–H and O–H groups in total. The van der Waals surface area contributed by atoms with Crippen LogP contribution in [0.15, 0.2) is 12.4 Å². The Balaban J connectivity index is 1.50. The predicted molar refractivity (Wildman–Crippen MR) is 81.7 cm³/mol. The number of hydrogen-bond donors (Lipinski definition) is 1. The second-order valence-corrected chi connectivity index (χ2v) is 6.65. The summed E-state index contributed by atoms with van der Waals surface area (Å²) in [6.45, 7) is 1.65. The van der Waals surface area contributed by atoms with E-state index >= 15 is 0 Å². The fourth-order valence-corrected chi connectivity index (χ4v) is 3.84. The van der Waals surface area contributed by atoms with Gasteiger partial charge >= 0.3 is 6.09 Å². The summed E-state index contributed by atoms with van der Waals surface area (Å²) in [4.78, 5) is 22.8. The monoisotopic (exact) mass is 302 g/mol. The quantitative estimate of drug-likeness (QED) is 0.909. The zero-order chi connectivity index (χ0) is 15.0. The summed E-state index contributed by atoms with van der Waals surface area (Å²) in [7, 11) is 0. The van der Waals surface area contributed by atoms with E-state index in [0.717, 1.165) is 44.3 Å². The molecule has 0 bridgehead atoms. The molecule has 1 amide bonds. The van der Waals surface area contributed by atoms with Crippen molar-refractivity contribution in [2.45, 2.75) is 56.6 Å². The second-order valence-electron chi connectivity index (χ2n) is 6.65. The summed E-state index contributed by atoms with van der Waals surface area (Å²) >= 11 is 0. The van der Waals surface area contributed by atoms with Crippen LogP contribution in [0.5, 0.6) is 0 Å². The Labute approximate surface area is 130 Å². The summed E-state index contributed by atoms with van der Waals surface area (Å²) in [5, 5.41) is 3.41. The van der Waals surface area contributed by atoms with Gasteiger partial charge in [0.15, 0.2) is 5.82 Å². The molecule has 1 aliphatic carbocycles. The first kappa shape index (κ1) is 13.9. The highest BCUT2D eigenvalue weighted by atomic mass is 16.6. The molecule has 4 rings (SSSR count). The number of nitrogens with zero attached hydrogens (tertiary/aromatic N) is 3. The van der Waals surface area contributed by atoms with Crippen molar-refractivity contribution in [3.8, 4) is 0 Å². The van der Waals surface area contributed by atoms with Gasteiger partial charge in [-0.1, -0.05) is 6.42 Å². The Morgan fingerprint density at radius 1 is 1.18 bits per heavy atom. The Kier molecular flexibility index (Phi) is 3.48. The van der Waals surface area contributed by atoms with Gasteiger partial charge in [-0.05, 0) is 45.1 Å². The van der Waals surface area contributed by atoms with Crippen LogP contribution in [-0.2, 0) is 4.74 Å². The first-order chi connectivity index (χ1) is 10.8. The molecule has 118 valence electrons. The van der Waals surface area contributed by atoms with E-state index in [1.54, 1.807) is 17.3 Å². The molecular formula is C16H22N4O2. The SMILES string of the molecule is O=C1OC2(CCCCC2)CN1c1cnc([C@H]2CCCN2)cn1. The summed E-state index contributed by atoms with van der Waals surface area (Å²) < 4.78 is 5.69. The van der Waals surface area contributed by atoms with Gasteiger partial charge in [0.05, 0.1) is 30.7 Å². The summed E-state index contributed by atoms with van der Waals surface area (Å²) in [5.41, 5.74) is 0.670. The Morgan fingerprint density at radius 2 is 2.05 bits per heavy atom. The predicted octanol–water partition coefficient (Wildman–Crippen LogP) is 2.56. The molecule has 2 saturated heterocycles. The van der Waals surface area contributed by atoms with E-state index in [9.17, 15) is 4.79 Å². The van der Waals surface area contributed by atoms with Crippen LogP contribution in [0.4, 0.5) is 10.6 Å². The zero-order valence-corrected chi connectivity index (χ0v) is 12.8. The van der Waals surface area contributed by atoms with E-state index in [1.807, 2.05) is 0 Å². The van der Waals surface area contributed by atoms with Crippen molar-refractivity contribution in [2.24, 2.45) is 0 Å². The van der Waals surface area contributed by atoms with E-state index in [1.165, 1.54) is 12.8 Å². The molecule has 3 heterocycles. The molecule has 1 aromatic rings. The van der Waals surface area contributed by atoms with E-state index < -0.39 is 0 Å². The van der Waals surface area contributed by atoms with Gasteiger partial charge in [0.25, 0.3) is 0 Å². The maximum Gasteiger partial charge on any atom is 0.416 e. The fraction of sp³-hybridized carbons (Fsp3) is 0.688. The van der Waals surface area contributed by atoms with E-state index in [-0.39, 0.29) is 11.7 Å². The van der Waals surface area contributed by atoms with Crippen molar-refractivity contribution in [1.29, 1.82) is 0 Å². The lowest BCUT2D eigenvalue weighted by Gasteiger charge is -2.30. The molecule has 6 heteroatoms. The average Bonchev–Trinajstić information content (AvgIpc) is 3.17. The molecule has 22 heavy (non-hydrogen) atoms. The molecule has 3 aliphatic rings. The Bertz CT molecular complexity index is 548. The molecule has 3 fully saturated rings. The standard InChI is InChI=1S/C16H22N4O2/c21-15-20(11-16(22-15)6-2-1-3-7-16)14-10-18-13(9-19-14)12-5-4-8-17-12/h9-10,12,17H,1-8,11H2/t12-/m1/s1. The maximum absolute atomic E-state index is 12.2. The van der Waals surface area contributed by atoms with Crippen LogP contribution in [0.1, 0.15) is 56.7 Å². The lowest BCUT2D eigenvalue weighted by atomic mass is 9.85. The number of aromatic nitrogens is 2. The number of nitrogens with one attached hydrogen (secondary N) is 1. The number of hydrogen-bond acceptors (Lipinski definition) is 5. The van der Waals surface area contributed by atoms with E-state index in [0.29, 0.717) is 18.4 Å². The van der Waals surface area contributed by atoms with Crippen LogP contribution in [0, 0.1) is 0 Å². The summed E-state index contributed by atoms with van der Waals surface area (Å²) in [5.74, 6) is 0.606. The second kappa shape index (κ2) is 5.50. The molecule has 1 saturated carbocycles. The number of rotatable bonds is 2. The highest BCUT2D eigenvalue weighted by Crippen LogP contribution is 2.38. The van der Waals surface area contributed by atoms with Gasteiger partial charge in [-0.2, -0.15) is 0 Å². The average molecular weight is 302 g/mol. The van der Waals surface area contributed by atoms with E-state index in [4.69, 9.17) is 4.74 Å². The minimum absolute atomic E-state index is 0.275. The molecule has 0 unspecified atom stereocenters. The Morgan fingerprint density at radius 3 is 2.73 bits per heavy atom. The van der Waals surface area contributed by atoms with E-state index in [2.05, 4.69) is 15.3 Å². The van der Waals surface area contributed by atoms with Gasteiger partial charge in [0.1, 0.15) is 5.60 Å². The highest BCUT2D eigenvalue weighted by molar-refractivity contribution is 5.89. The van der Waals surface area contributed by atoms with Crippen LogP contribution in [0.3, 0.4) is 0 Å². The summed E-state index contributed by atoms with van der Waals surface area (Å²) in [6, 6.07) is 0.303. The fourth-order valence-electron chi connectivity index (χ4n) is 3.84. The van der Waals surface area contributed by atoms with Crippen LogP contribution in [0.25, 0.3) is 0 Å². The van der Waals surface area contributed by atoms with Crippen molar-refractivity contribution >= 4 is 11.9 Å². The van der Waals surface area contributed by atoms with Crippen LogP contribution in [0.2, 0.25) is 0 Å². The topological polar surface area (TPSA) is 67.3 Å². The maximum atomic E-state index is 12.2. The van der Waals surface area contributed by atoms with Crippen molar-refractivity contribution in [3.63, 3.8) is 0 Å². The van der Waals surface area contributed by atoms with Crippen molar-refractivity contribution in [2.75, 3.05) is 18.0 Å². The van der Waals surface area contributed by atoms with Gasteiger partial charge in [-0.25, -0.2) is 9.78 Å². The van der Waals surface area contributed by atoms with Gasteiger partial charge in [-0.3, -0.25) is 9.88 Å². The normalized spacial score (nSPS) is 27.4. The van der Waals surface area contributed by atoms with Crippen molar-refractivity contribution in [1.82, 2.24) is 15.3 Å². The lowest BCUT2D eigenvalue weighted by molar-refractivity contribution is 0.0260. The summed E-state index contributed by atoms with van der Waals surface area (Å²) in [6.07, 6.45) is 10.9. The van der Waals surface area contributed by atoms with Gasteiger partial charge in [0, 0.05) is 0 Å². The molecule has 2 aliphatic heterocycles. The number of carbonyl (C=O) groups excluding carboxylic acids is 1. The third-order valence-corrected chi connectivity index (χ3v) is 5.09. The molecule has 1 aromatic heterocycles. The zero-order valence-electron chi connectivity index (χ0n) is 12.8. The van der Waals surface area contributed by atoms with Crippen LogP contribution < -0.4 is 10.2 Å². The molecular weight excluding hydrogens is 280 g/mol.